The minimum Gasteiger partial charge on any atom is -0.205 e. The maximum Gasteiger partial charge on any atom is 0.145 e. The average Bonchev–Trinajstić information content (AvgIpc) is 2.71. The van der Waals surface area contributed by atoms with E-state index in [0.29, 0.717) is 5.92 Å². The summed E-state index contributed by atoms with van der Waals surface area (Å²) in [5.41, 5.74) is 0.792. The summed E-state index contributed by atoms with van der Waals surface area (Å²) in [6.45, 7) is 2.35. The van der Waals surface area contributed by atoms with Gasteiger partial charge in [0.05, 0.1) is 0 Å². The summed E-state index contributed by atoms with van der Waals surface area (Å²) in [6, 6.07) is 7.66. The summed E-state index contributed by atoms with van der Waals surface area (Å²) < 4.78 is 27.4. The van der Waals surface area contributed by atoms with E-state index in [1.54, 1.807) is 18.1 Å². The van der Waals surface area contributed by atoms with Crippen LogP contribution in [0.5, 0.6) is 0 Å². The molecule has 3 rings (SSSR count). The van der Waals surface area contributed by atoms with E-state index in [-0.39, 0.29) is 13.8 Å². The van der Waals surface area contributed by atoms with Gasteiger partial charge in [0.25, 0.3) is 0 Å². The summed E-state index contributed by atoms with van der Waals surface area (Å²) in [4.78, 5) is 0. The first-order chi connectivity index (χ1) is 13.6. The first kappa shape index (κ1) is 22.3. The van der Waals surface area contributed by atoms with Crippen molar-refractivity contribution in [1.29, 1.82) is 0 Å². The number of hydrogen-bond donors (Lipinski definition) is 0. The molecule has 0 aromatic heterocycles. The van der Waals surface area contributed by atoms with E-state index in [0.717, 1.165) is 30.2 Å². The zero-order chi connectivity index (χ0) is 19.9. The van der Waals surface area contributed by atoms with Crippen LogP contribution < -0.4 is 0 Å². The third-order valence-corrected chi connectivity index (χ3v) is 11.5. The molecular weight excluding hydrogens is 390 g/mol. The van der Waals surface area contributed by atoms with Gasteiger partial charge in [-0.25, -0.2) is 8.78 Å². The van der Waals surface area contributed by atoms with Gasteiger partial charge in [-0.15, -0.1) is 0 Å². The highest BCUT2D eigenvalue weighted by Gasteiger charge is 2.24. The largest absolute Gasteiger partial charge is 0.205 e. The SMILES string of the molecule is CCC[SiH]1CCC(CCCCC2CCC(c3cc(F)c(Cl)c(F)c3)CC2)CC1. The second-order valence-corrected chi connectivity index (χ2v) is 13.3. The zero-order valence-electron chi connectivity index (χ0n) is 17.5. The Bertz CT molecular complexity index is 582. The van der Waals surface area contributed by atoms with Crippen molar-refractivity contribution >= 4 is 20.4 Å². The molecule has 0 N–H and O–H groups in total. The molecule has 1 saturated heterocycles. The van der Waals surface area contributed by atoms with E-state index in [9.17, 15) is 8.78 Å². The molecule has 0 amide bonds. The highest BCUT2D eigenvalue weighted by atomic mass is 35.5. The molecule has 1 aliphatic carbocycles. The van der Waals surface area contributed by atoms with E-state index in [1.165, 1.54) is 69.9 Å². The Morgan fingerprint density at radius 2 is 1.43 bits per heavy atom. The number of hydrogen-bond acceptors (Lipinski definition) is 0. The monoisotopic (exact) mass is 426 g/mol. The lowest BCUT2D eigenvalue weighted by Gasteiger charge is -2.29. The Kier molecular flexibility index (Phi) is 8.84. The maximum absolute atomic E-state index is 13.7. The third-order valence-electron chi connectivity index (χ3n) is 7.46. The normalized spacial score (nSPS) is 28.4. The van der Waals surface area contributed by atoms with Crippen molar-refractivity contribution in [3.05, 3.63) is 34.4 Å². The van der Waals surface area contributed by atoms with E-state index >= 15 is 0 Å². The molecule has 1 aromatic rings. The summed E-state index contributed by atoms with van der Waals surface area (Å²) in [6.07, 6.45) is 14.5. The van der Waals surface area contributed by atoms with E-state index in [4.69, 9.17) is 11.6 Å². The number of unbranched alkanes of at least 4 members (excludes halogenated alkanes) is 1. The van der Waals surface area contributed by atoms with Crippen LogP contribution >= 0.6 is 11.6 Å². The zero-order valence-corrected chi connectivity index (χ0v) is 19.4. The molecule has 0 bridgehead atoms. The lowest BCUT2D eigenvalue weighted by atomic mass is 9.77. The molecule has 2 aliphatic rings. The first-order valence-electron chi connectivity index (χ1n) is 11.7. The molecule has 0 radical (unpaired) electrons. The van der Waals surface area contributed by atoms with Gasteiger partial charge in [-0.3, -0.25) is 0 Å². The molecule has 28 heavy (non-hydrogen) atoms. The van der Waals surface area contributed by atoms with E-state index in [2.05, 4.69) is 6.92 Å². The van der Waals surface area contributed by atoms with Gasteiger partial charge in [-0.05, 0) is 61.1 Å². The Morgan fingerprint density at radius 3 is 1.96 bits per heavy atom. The summed E-state index contributed by atoms with van der Waals surface area (Å²) >= 11 is 5.61. The first-order valence-corrected chi connectivity index (χ1v) is 14.5. The van der Waals surface area contributed by atoms with E-state index in [1.807, 2.05) is 0 Å². The second kappa shape index (κ2) is 11.1. The van der Waals surface area contributed by atoms with Crippen molar-refractivity contribution in [3.8, 4) is 0 Å². The molecule has 0 spiro atoms. The molecule has 158 valence electrons. The van der Waals surface area contributed by atoms with Crippen LogP contribution in [0.1, 0.15) is 89.0 Å². The van der Waals surface area contributed by atoms with Crippen LogP contribution in [0.3, 0.4) is 0 Å². The molecular formula is C24H37ClF2Si. The number of halogens is 3. The van der Waals surface area contributed by atoms with Crippen LogP contribution in [0.15, 0.2) is 12.1 Å². The number of rotatable bonds is 8. The van der Waals surface area contributed by atoms with Crippen LogP contribution in [-0.2, 0) is 0 Å². The predicted octanol–water partition coefficient (Wildman–Crippen LogP) is 8.50. The third kappa shape index (κ3) is 6.29. The molecule has 0 atom stereocenters. The van der Waals surface area contributed by atoms with Crippen LogP contribution in [0.2, 0.25) is 23.2 Å². The van der Waals surface area contributed by atoms with Crippen LogP contribution in [0.25, 0.3) is 0 Å². The maximum atomic E-state index is 13.7. The van der Waals surface area contributed by atoms with Gasteiger partial charge in [0.2, 0.25) is 0 Å². The molecule has 0 unspecified atom stereocenters. The molecule has 1 heterocycles. The van der Waals surface area contributed by atoms with Gasteiger partial charge in [0.15, 0.2) is 0 Å². The molecule has 2 fully saturated rings. The van der Waals surface area contributed by atoms with Gasteiger partial charge < -0.3 is 0 Å². The van der Waals surface area contributed by atoms with Crippen LogP contribution in [-0.4, -0.2) is 8.80 Å². The minimum absolute atomic E-state index is 0.292. The average molecular weight is 427 g/mol. The van der Waals surface area contributed by atoms with Crippen molar-refractivity contribution < 1.29 is 8.78 Å². The molecule has 1 aliphatic heterocycles. The minimum atomic E-state index is -0.620. The predicted molar refractivity (Wildman–Crippen MR) is 119 cm³/mol. The fourth-order valence-electron chi connectivity index (χ4n) is 5.68. The second-order valence-electron chi connectivity index (χ2n) is 9.48. The Labute approximate surface area is 177 Å². The lowest BCUT2D eigenvalue weighted by molar-refractivity contribution is 0.296. The van der Waals surface area contributed by atoms with Crippen molar-refractivity contribution in [1.82, 2.24) is 0 Å². The van der Waals surface area contributed by atoms with Crippen LogP contribution in [0.4, 0.5) is 8.78 Å². The Balaban J connectivity index is 1.31. The Hall–Kier alpha value is -0.413. The lowest BCUT2D eigenvalue weighted by Crippen LogP contribution is -2.21. The molecule has 4 heteroatoms. The fraction of sp³-hybridized carbons (Fsp3) is 0.750. The Morgan fingerprint density at radius 1 is 0.893 bits per heavy atom. The summed E-state index contributed by atoms with van der Waals surface area (Å²) in [5, 5.41) is -0.376. The van der Waals surface area contributed by atoms with Crippen molar-refractivity contribution in [2.45, 2.75) is 102 Å². The van der Waals surface area contributed by atoms with Gasteiger partial charge in [-0.1, -0.05) is 81.6 Å². The summed E-state index contributed by atoms with van der Waals surface area (Å²) in [5.74, 6) is 0.882. The van der Waals surface area contributed by atoms with Crippen molar-refractivity contribution in [3.63, 3.8) is 0 Å². The molecule has 0 nitrogen and oxygen atoms in total. The van der Waals surface area contributed by atoms with Gasteiger partial charge in [0.1, 0.15) is 16.7 Å². The quantitative estimate of drug-likeness (QED) is 0.222. The van der Waals surface area contributed by atoms with Crippen molar-refractivity contribution in [2.75, 3.05) is 0 Å². The van der Waals surface area contributed by atoms with Gasteiger partial charge in [-0.2, -0.15) is 0 Å². The van der Waals surface area contributed by atoms with Gasteiger partial charge in [0, 0.05) is 8.80 Å². The van der Waals surface area contributed by atoms with Crippen molar-refractivity contribution in [2.24, 2.45) is 11.8 Å². The standard InChI is InChI=1S/C24H37ClF2Si/c1-2-13-28-14-11-19(12-15-28)6-4-3-5-18-7-9-20(10-8-18)21-16-22(26)24(25)23(27)17-21/h16-20,28H,2-15H2,1H3. The molecule has 1 aromatic carbocycles. The number of benzene rings is 1. The summed E-state index contributed by atoms with van der Waals surface area (Å²) in [7, 11) is -0.325. The topological polar surface area (TPSA) is 0 Å². The van der Waals surface area contributed by atoms with Gasteiger partial charge >= 0.3 is 0 Å². The highest BCUT2D eigenvalue weighted by Crippen LogP contribution is 2.39. The smallest absolute Gasteiger partial charge is 0.145 e. The van der Waals surface area contributed by atoms with E-state index < -0.39 is 11.6 Å². The fourth-order valence-corrected chi connectivity index (χ4v) is 9.36. The highest BCUT2D eigenvalue weighted by molar-refractivity contribution is 6.58. The molecule has 1 saturated carbocycles. The van der Waals surface area contributed by atoms with Crippen LogP contribution in [0, 0.1) is 23.5 Å².